The molecule has 0 amide bonds. The van der Waals surface area contributed by atoms with Crippen molar-refractivity contribution in [3.8, 4) is 0 Å². The molecule has 10 heteroatoms. The molecule has 4 aliphatic rings. The number of hydrogen-bond acceptors (Lipinski definition) is 10. The molecule has 0 aromatic rings. The van der Waals surface area contributed by atoms with E-state index in [2.05, 4.69) is 54.7 Å². The summed E-state index contributed by atoms with van der Waals surface area (Å²) in [5.41, 5.74) is 0.292. The van der Waals surface area contributed by atoms with Gasteiger partial charge in [-0.1, -0.05) is 58.9 Å². The van der Waals surface area contributed by atoms with Gasteiger partial charge >= 0.3 is 11.9 Å². The van der Waals surface area contributed by atoms with Gasteiger partial charge in [-0.05, 0) is 111 Å². The van der Waals surface area contributed by atoms with E-state index in [0.29, 0.717) is 31.6 Å². The highest BCUT2D eigenvalue weighted by atomic mass is 16.7. The number of rotatable bonds is 13. The second kappa shape index (κ2) is 15.3. The molecule has 14 atom stereocenters. The Morgan fingerprint density at radius 2 is 1.66 bits per heavy atom. The van der Waals surface area contributed by atoms with Crippen molar-refractivity contribution in [1.82, 2.24) is 0 Å². The first-order chi connectivity index (χ1) is 23.2. The molecule has 10 nitrogen and oxygen atoms in total. The van der Waals surface area contributed by atoms with Crippen LogP contribution in [0.3, 0.4) is 0 Å². The summed E-state index contributed by atoms with van der Waals surface area (Å²) in [5, 5.41) is 44.3. The number of methoxy groups -OCH3 is 1. The summed E-state index contributed by atoms with van der Waals surface area (Å²) < 4.78 is 23.7. The Morgan fingerprint density at radius 1 is 1.02 bits per heavy atom. The summed E-state index contributed by atoms with van der Waals surface area (Å²) in [5.74, 6) is -0.686. The van der Waals surface area contributed by atoms with E-state index in [9.17, 15) is 30.0 Å². The zero-order valence-electron chi connectivity index (χ0n) is 32.1. The fourth-order valence-corrected chi connectivity index (χ4v) is 11.1. The van der Waals surface area contributed by atoms with Crippen LogP contribution in [0, 0.1) is 45.8 Å². The van der Waals surface area contributed by atoms with E-state index in [-0.39, 0.29) is 52.3 Å². The third-order valence-corrected chi connectivity index (χ3v) is 14.3. The topological polar surface area (TPSA) is 152 Å². The van der Waals surface area contributed by atoms with Crippen molar-refractivity contribution in [3.05, 3.63) is 24.3 Å². The molecule has 4 rings (SSSR count). The van der Waals surface area contributed by atoms with Gasteiger partial charge in [0, 0.05) is 13.3 Å². The van der Waals surface area contributed by atoms with Gasteiger partial charge in [0.05, 0.1) is 25.4 Å². The first-order valence-corrected chi connectivity index (χ1v) is 18.8. The zero-order valence-corrected chi connectivity index (χ0v) is 32.1. The van der Waals surface area contributed by atoms with Crippen molar-refractivity contribution < 1.29 is 49.0 Å². The molecule has 1 heterocycles. The Labute approximate surface area is 300 Å². The maximum atomic E-state index is 12.6. The fraction of sp³-hybridized carbons (Fsp3) is 0.850. The van der Waals surface area contributed by atoms with Gasteiger partial charge in [-0.3, -0.25) is 9.59 Å². The molecule has 14 unspecified atom stereocenters. The number of carbonyl (C=O) groups excluding carboxylic acids is 2. The molecule has 0 aromatic heterocycles. The van der Waals surface area contributed by atoms with Gasteiger partial charge in [0.1, 0.15) is 18.3 Å². The summed E-state index contributed by atoms with van der Waals surface area (Å²) in [7, 11) is 1.41. The van der Waals surface area contributed by atoms with Crippen LogP contribution in [0.4, 0.5) is 0 Å². The fourth-order valence-electron chi connectivity index (χ4n) is 11.1. The lowest BCUT2D eigenvalue weighted by molar-refractivity contribution is -0.334. The molecule has 4 N–H and O–H groups in total. The zero-order chi connectivity index (χ0) is 37.6. The number of fused-ring (bicyclic) bond motifs is 3. The number of aliphatic hydroxyl groups is 4. The Balaban J connectivity index is 1.84. The minimum Gasteiger partial charge on any atom is -0.469 e. The average molecular weight is 707 g/mol. The Hall–Kier alpha value is -1.82. The highest BCUT2D eigenvalue weighted by Gasteiger charge is 2.70. The van der Waals surface area contributed by atoms with Crippen molar-refractivity contribution in [2.24, 2.45) is 45.8 Å². The molecule has 1 aliphatic heterocycles. The number of ether oxygens (including phenoxy) is 4. The second-order valence-corrected chi connectivity index (χ2v) is 17.4. The molecule has 286 valence electrons. The summed E-state index contributed by atoms with van der Waals surface area (Å²) in [6.45, 7) is 24.6. The van der Waals surface area contributed by atoms with Gasteiger partial charge in [-0.25, -0.2) is 0 Å². The van der Waals surface area contributed by atoms with Crippen LogP contribution in [0.25, 0.3) is 0 Å². The predicted molar refractivity (Wildman–Crippen MR) is 189 cm³/mol. The Bertz CT molecular complexity index is 1260. The third kappa shape index (κ3) is 7.36. The maximum Gasteiger partial charge on any atom is 0.305 e. The monoisotopic (exact) mass is 706 g/mol. The predicted octanol–water partition coefficient (Wildman–Crippen LogP) is 5.49. The SMILES string of the molecule is C=C(CCC(C)(O)C1CCC2(C)C1C(OC1OC(CO)C(O)C(O)C1OC(C)=O)CC1C(C)(CCC(=O)OC)C(C(=C)C)CCC12C)C(C)C. The third-order valence-electron chi connectivity index (χ3n) is 14.3. The lowest BCUT2D eigenvalue weighted by Crippen LogP contribution is -2.66. The lowest BCUT2D eigenvalue weighted by Gasteiger charge is -2.68. The van der Waals surface area contributed by atoms with Crippen molar-refractivity contribution in [3.63, 3.8) is 0 Å². The summed E-state index contributed by atoms with van der Waals surface area (Å²) >= 11 is 0. The summed E-state index contributed by atoms with van der Waals surface area (Å²) in [6, 6.07) is 0. The van der Waals surface area contributed by atoms with Gasteiger partial charge in [-0.2, -0.15) is 0 Å². The molecule has 50 heavy (non-hydrogen) atoms. The second-order valence-electron chi connectivity index (χ2n) is 17.4. The van der Waals surface area contributed by atoms with E-state index in [1.807, 2.05) is 6.92 Å². The molecule has 1 saturated heterocycles. The van der Waals surface area contributed by atoms with Gasteiger partial charge in [-0.15, -0.1) is 0 Å². The van der Waals surface area contributed by atoms with E-state index in [1.165, 1.54) is 14.0 Å². The molecule has 3 aliphatic carbocycles. The quantitative estimate of drug-likeness (QED) is 0.110. The van der Waals surface area contributed by atoms with Crippen molar-refractivity contribution in [1.29, 1.82) is 0 Å². The van der Waals surface area contributed by atoms with Gasteiger partial charge in [0.25, 0.3) is 0 Å². The molecule has 4 fully saturated rings. The van der Waals surface area contributed by atoms with Crippen LogP contribution in [0.1, 0.15) is 113 Å². The molecule has 0 radical (unpaired) electrons. The standard InChI is InChI=1S/C40H66O10/c1-22(2)24(5)12-19-40(10,46)27-14-18-39(9)32(27)28(49-36-35(48-25(6)42)34(45)33(44)29(21-41)50-36)20-30-37(7,16-15-31(43)47-11)26(23(3)4)13-17-38(30,39)8/h22,26-30,32-36,41,44-46H,3,5,12-21H2,1-2,4,6-11H3. The minimum atomic E-state index is -1.55. The normalized spacial score (nSPS) is 42.6. The van der Waals surface area contributed by atoms with E-state index in [1.54, 1.807) is 0 Å². The Morgan fingerprint density at radius 3 is 2.22 bits per heavy atom. The summed E-state index contributed by atoms with van der Waals surface area (Å²) in [6.07, 6.45) is -1.08. The van der Waals surface area contributed by atoms with Gasteiger partial charge < -0.3 is 39.4 Å². The number of esters is 2. The van der Waals surface area contributed by atoms with Crippen LogP contribution < -0.4 is 0 Å². The molecule has 0 spiro atoms. The molecule has 0 bridgehead atoms. The van der Waals surface area contributed by atoms with Gasteiger partial charge in [0.15, 0.2) is 12.4 Å². The van der Waals surface area contributed by atoms with Crippen LogP contribution >= 0.6 is 0 Å². The molecule has 3 saturated carbocycles. The van der Waals surface area contributed by atoms with Gasteiger partial charge in [0.2, 0.25) is 0 Å². The average Bonchev–Trinajstić information content (AvgIpc) is 3.43. The highest BCUT2D eigenvalue weighted by molar-refractivity contribution is 5.69. The molecule has 0 aromatic carbocycles. The summed E-state index contributed by atoms with van der Waals surface area (Å²) in [4.78, 5) is 24.9. The molecular weight excluding hydrogens is 640 g/mol. The minimum absolute atomic E-state index is 0.0608. The first kappa shape index (κ1) is 40.9. The van der Waals surface area contributed by atoms with E-state index < -0.39 is 55.0 Å². The lowest BCUT2D eigenvalue weighted by atomic mass is 9.37. The first-order valence-electron chi connectivity index (χ1n) is 18.8. The largest absolute Gasteiger partial charge is 0.469 e. The number of aliphatic hydroxyl groups excluding tert-OH is 3. The number of hydrogen-bond donors (Lipinski definition) is 4. The highest BCUT2D eigenvalue weighted by Crippen LogP contribution is 2.74. The van der Waals surface area contributed by atoms with E-state index >= 15 is 0 Å². The van der Waals surface area contributed by atoms with Crippen LogP contribution in [0.2, 0.25) is 0 Å². The van der Waals surface area contributed by atoms with Crippen LogP contribution in [0.5, 0.6) is 0 Å². The van der Waals surface area contributed by atoms with Crippen LogP contribution in [-0.4, -0.2) is 88.5 Å². The molecular formula is C40H66O10. The number of carbonyl (C=O) groups is 2. The smallest absolute Gasteiger partial charge is 0.305 e. The van der Waals surface area contributed by atoms with E-state index in [0.717, 1.165) is 36.8 Å². The Kier molecular flexibility index (Phi) is 12.5. The van der Waals surface area contributed by atoms with Crippen LogP contribution in [-0.2, 0) is 28.5 Å². The maximum absolute atomic E-state index is 12.6. The van der Waals surface area contributed by atoms with E-state index in [4.69, 9.17) is 18.9 Å². The van der Waals surface area contributed by atoms with Crippen LogP contribution in [0.15, 0.2) is 24.3 Å². The van der Waals surface area contributed by atoms with Crippen molar-refractivity contribution >= 4 is 11.9 Å². The van der Waals surface area contributed by atoms with Crippen molar-refractivity contribution in [2.45, 2.75) is 156 Å². The van der Waals surface area contributed by atoms with Crippen molar-refractivity contribution in [2.75, 3.05) is 13.7 Å². The number of allylic oxidation sites excluding steroid dienone is 2.